The zero-order valence-electron chi connectivity index (χ0n) is 18.9. The van der Waals surface area contributed by atoms with Gasteiger partial charge in [-0.2, -0.15) is 0 Å². The highest BCUT2D eigenvalue weighted by Crippen LogP contribution is 2.27. The first-order valence-corrected chi connectivity index (χ1v) is 11.8. The standard InChI is InChI=1S/C23H25F2N5O3S/c1-28-9-5-3-4-6-10-29(2)30-13-16(20(31)21(32)19(30)23(28)33)22-27-26-18(34-22)11-14-7-8-15(24)12-17(14)25/h7-8,12-13,32H,3-6,9-11H2,1-2H3. The number of fused-ring (bicyclic) bond motifs is 1. The SMILES string of the molecule is CN1CCCCCCN(C)n2cc(-c3nnc(Cc4ccc(F)cc4F)s3)c(=O)c(O)c2C1=O. The van der Waals surface area contributed by atoms with Gasteiger partial charge in [0.25, 0.3) is 5.91 Å². The van der Waals surface area contributed by atoms with Crippen molar-refractivity contribution in [2.24, 2.45) is 0 Å². The molecule has 8 nitrogen and oxygen atoms in total. The topological polar surface area (TPSA) is 91.6 Å². The lowest BCUT2D eigenvalue weighted by atomic mass is 10.1. The van der Waals surface area contributed by atoms with E-state index in [2.05, 4.69) is 10.2 Å². The Hall–Kier alpha value is -3.34. The van der Waals surface area contributed by atoms with Gasteiger partial charge in [-0.15, -0.1) is 10.2 Å². The highest BCUT2D eigenvalue weighted by molar-refractivity contribution is 7.14. The summed E-state index contributed by atoms with van der Waals surface area (Å²) in [4.78, 5) is 27.7. The van der Waals surface area contributed by atoms with Gasteiger partial charge in [0.15, 0.2) is 16.5 Å². The number of nitrogens with zero attached hydrogens (tertiary/aromatic N) is 5. The fourth-order valence-electron chi connectivity index (χ4n) is 3.91. The molecular weight excluding hydrogens is 464 g/mol. The molecule has 1 N–H and O–H groups in total. The molecule has 4 rings (SSSR count). The van der Waals surface area contributed by atoms with Gasteiger partial charge >= 0.3 is 0 Å². The molecule has 0 unspecified atom stereocenters. The van der Waals surface area contributed by atoms with E-state index >= 15 is 0 Å². The van der Waals surface area contributed by atoms with Crippen LogP contribution < -0.4 is 10.4 Å². The van der Waals surface area contributed by atoms with E-state index in [1.54, 1.807) is 19.1 Å². The minimum Gasteiger partial charge on any atom is -0.502 e. The van der Waals surface area contributed by atoms with Gasteiger partial charge in [0.2, 0.25) is 5.43 Å². The van der Waals surface area contributed by atoms with Crippen LogP contribution in [-0.2, 0) is 6.42 Å². The summed E-state index contributed by atoms with van der Waals surface area (Å²) in [6, 6.07) is 3.30. The lowest BCUT2D eigenvalue weighted by Gasteiger charge is -2.27. The van der Waals surface area contributed by atoms with Gasteiger partial charge in [0.1, 0.15) is 16.6 Å². The molecule has 0 radical (unpaired) electrons. The van der Waals surface area contributed by atoms with Crippen molar-refractivity contribution in [3.8, 4) is 16.3 Å². The molecule has 180 valence electrons. The lowest BCUT2D eigenvalue weighted by Crippen LogP contribution is -2.39. The van der Waals surface area contributed by atoms with Crippen molar-refractivity contribution in [1.29, 1.82) is 0 Å². The molecule has 0 fully saturated rings. The number of aromatic hydroxyl groups is 1. The lowest BCUT2D eigenvalue weighted by molar-refractivity contribution is 0.0777. The molecule has 34 heavy (non-hydrogen) atoms. The first-order chi connectivity index (χ1) is 16.3. The van der Waals surface area contributed by atoms with Crippen LogP contribution in [-0.4, -0.2) is 58.0 Å². The number of carbonyl (C=O) groups is 1. The predicted octanol–water partition coefficient (Wildman–Crippen LogP) is 3.16. The summed E-state index contributed by atoms with van der Waals surface area (Å²) >= 11 is 1.07. The van der Waals surface area contributed by atoms with Crippen molar-refractivity contribution in [1.82, 2.24) is 19.8 Å². The summed E-state index contributed by atoms with van der Waals surface area (Å²) in [7, 11) is 3.43. The highest BCUT2D eigenvalue weighted by Gasteiger charge is 2.27. The van der Waals surface area contributed by atoms with E-state index in [0.717, 1.165) is 49.2 Å². The van der Waals surface area contributed by atoms with Gasteiger partial charge < -0.3 is 15.0 Å². The Morgan fingerprint density at radius 3 is 2.53 bits per heavy atom. The molecule has 1 amide bonds. The third kappa shape index (κ3) is 4.79. The van der Waals surface area contributed by atoms with E-state index in [4.69, 9.17) is 0 Å². The maximum atomic E-state index is 14.0. The summed E-state index contributed by atoms with van der Waals surface area (Å²) in [5.41, 5.74) is -0.494. The van der Waals surface area contributed by atoms with Crippen molar-refractivity contribution in [2.75, 3.05) is 32.2 Å². The molecule has 0 aliphatic carbocycles. The van der Waals surface area contributed by atoms with E-state index in [1.165, 1.54) is 21.8 Å². The van der Waals surface area contributed by atoms with E-state index < -0.39 is 28.7 Å². The van der Waals surface area contributed by atoms with Crippen molar-refractivity contribution < 1.29 is 18.7 Å². The van der Waals surface area contributed by atoms with Crippen LogP contribution in [0.5, 0.6) is 5.75 Å². The second-order valence-corrected chi connectivity index (χ2v) is 9.41. The minimum atomic E-state index is -0.730. The molecule has 0 saturated heterocycles. The Morgan fingerprint density at radius 1 is 1.06 bits per heavy atom. The third-order valence-corrected chi connectivity index (χ3v) is 6.82. The molecule has 2 aromatic heterocycles. The van der Waals surface area contributed by atoms with Gasteiger partial charge in [0, 0.05) is 45.9 Å². The van der Waals surface area contributed by atoms with Crippen molar-refractivity contribution in [3.63, 3.8) is 0 Å². The molecule has 0 saturated carbocycles. The van der Waals surface area contributed by atoms with Crippen LogP contribution in [0.15, 0.2) is 29.2 Å². The van der Waals surface area contributed by atoms with E-state index in [1.807, 2.05) is 0 Å². The number of aromatic nitrogens is 3. The molecule has 1 aromatic carbocycles. The molecule has 3 heterocycles. The van der Waals surface area contributed by atoms with Gasteiger partial charge in [-0.3, -0.25) is 14.3 Å². The van der Waals surface area contributed by atoms with Gasteiger partial charge in [-0.25, -0.2) is 8.78 Å². The molecular formula is C23H25F2N5O3S. The van der Waals surface area contributed by atoms with E-state index in [0.29, 0.717) is 18.1 Å². The van der Waals surface area contributed by atoms with Crippen molar-refractivity contribution in [2.45, 2.75) is 32.1 Å². The Bertz CT molecular complexity index is 1280. The largest absolute Gasteiger partial charge is 0.502 e. The van der Waals surface area contributed by atoms with Crippen LogP contribution in [0.1, 0.15) is 46.7 Å². The Labute approximate surface area is 199 Å². The van der Waals surface area contributed by atoms with Crippen LogP contribution in [0.4, 0.5) is 8.78 Å². The van der Waals surface area contributed by atoms with Gasteiger partial charge in [-0.1, -0.05) is 30.2 Å². The number of amides is 1. The Balaban J connectivity index is 1.74. The van der Waals surface area contributed by atoms with Crippen LogP contribution >= 0.6 is 11.3 Å². The average molecular weight is 490 g/mol. The molecule has 0 spiro atoms. The molecule has 0 bridgehead atoms. The fourth-order valence-corrected chi connectivity index (χ4v) is 4.77. The van der Waals surface area contributed by atoms with Crippen LogP contribution in [0.2, 0.25) is 0 Å². The number of pyridine rings is 1. The van der Waals surface area contributed by atoms with Gasteiger partial charge in [-0.05, 0) is 24.5 Å². The predicted molar refractivity (Wildman–Crippen MR) is 125 cm³/mol. The Kier molecular flexibility index (Phi) is 6.92. The number of benzene rings is 1. The zero-order chi connectivity index (χ0) is 24.4. The number of carbonyl (C=O) groups excluding carboxylic acids is 1. The number of rotatable bonds is 3. The van der Waals surface area contributed by atoms with Crippen LogP contribution in [0.25, 0.3) is 10.6 Å². The first-order valence-electron chi connectivity index (χ1n) is 11.0. The van der Waals surface area contributed by atoms with Crippen LogP contribution in [0, 0.1) is 11.6 Å². The number of hydrogen-bond donors (Lipinski definition) is 1. The zero-order valence-corrected chi connectivity index (χ0v) is 19.7. The highest BCUT2D eigenvalue weighted by atomic mass is 32.1. The molecule has 1 aliphatic heterocycles. The first kappa shape index (κ1) is 23.8. The van der Waals surface area contributed by atoms with Gasteiger partial charge in [0.05, 0.1) is 5.56 Å². The quantitative estimate of drug-likeness (QED) is 0.608. The monoisotopic (exact) mass is 489 g/mol. The molecule has 1 aliphatic rings. The maximum Gasteiger partial charge on any atom is 0.276 e. The summed E-state index contributed by atoms with van der Waals surface area (Å²) in [5, 5.41) is 21.4. The second-order valence-electron chi connectivity index (χ2n) is 8.35. The second kappa shape index (κ2) is 9.88. The number of halogens is 2. The molecule has 11 heteroatoms. The smallest absolute Gasteiger partial charge is 0.276 e. The summed E-state index contributed by atoms with van der Waals surface area (Å²) in [6.45, 7) is 1.15. The van der Waals surface area contributed by atoms with Crippen molar-refractivity contribution >= 4 is 17.2 Å². The van der Waals surface area contributed by atoms with E-state index in [-0.39, 0.29) is 28.2 Å². The fraction of sp³-hybridized carbons (Fsp3) is 0.391. The average Bonchev–Trinajstić information content (AvgIpc) is 3.26. The summed E-state index contributed by atoms with van der Waals surface area (Å²) < 4.78 is 28.7. The number of hydrogen-bond acceptors (Lipinski definition) is 7. The summed E-state index contributed by atoms with van der Waals surface area (Å²) in [6.07, 6.45) is 5.29. The van der Waals surface area contributed by atoms with Crippen LogP contribution in [0.3, 0.4) is 0 Å². The maximum absolute atomic E-state index is 14.0. The molecule has 0 atom stereocenters. The Morgan fingerprint density at radius 2 is 1.79 bits per heavy atom. The summed E-state index contributed by atoms with van der Waals surface area (Å²) in [5.74, 6) is -2.46. The molecule has 3 aromatic rings. The minimum absolute atomic E-state index is 0.0746. The third-order valence-electron chi connectivity index (χ3n) is 5.86. The normalized spacial score (nSPS) is 15.2. The van der Waals surface area contributed by atoms with Crippen molar-refractivity contribution in [3.05, 3.63) is 62.5 Å². The van der Waals surface area contributed by atoms with E-state index in [9.17, 15) is 23.5 Å².